The Kier molecular flexibility index (Phi) is 7.30. The monoisotopic (exact) mass is 237 g/mol. The lowest BCUT2D eigenvalue weighted by Crippen LogP contribution is -2.08. The first-order valence-corrected chi connectivity index (χ1v) is 6.49. The molecule has 1 heterocycles. The zero-order valence-corrected chi connectivity index (χ0v) is 10.9. The standard InChI is InChI=1S/C13H23N3O/c1-3-5-8-17-9-6-7-14-13-10-12(4-2)15-11-16-13/h10-11H,3-9H2,1-2H3,(H,14,15,16). The lowest BCUT2D eigenvalue weighted by molar-refractivity contribution is 0.131. The van der Waals surface area contributed by atoms with E-state index in [0.29, 0.717) is 0 Å². The summed E-state index contributed by atoms with van der Waals surface area (Å²) in [6, 6.07) is 2.00. The van der Waals surface area contributed by atoms with E-state index >= 15 is 0 Å². The van der Waals surface area contributed by atoms with Gasteiger partial charge in [-0.3, -0.25) is 0 Å². The van der Waals surface area contributed by atoms with Crippen molar-refractivity contribution in [1.29, 1.82) is 0 Å². The van der Waals surface area contributed by atoms with Gasteiger partial charge in [-0.1, -0.05) is 20.3 Å². The molecular weight excluding hydrogens is 214 g/mol. The van der Waals surface area contributed by atoms with Crippen LogP contribution in [0, 0.1) is 0 Å². The molecule has 0 saturated carbocycles. The molecule has 0 aromatic carbocycles. The van der Waals surface area contributed by atoms with Crippen LogP contribution in [0.3, 0.4) is 0 Å². The highest BCUT2D eigenvalue weighted by Crippen LogP contribution is 2.04. The van der Waals surface area contributed by atoms with Gasteiger partial charge in [0.25, 0.3) is 0 Å². The van der Waals surface area contributed by atoms with Gasteiger partial charge in [-0.15, -0.1) is 0 Å². The van der Waals surface area contributed by atoms with Gasteiger partial charge in [-0.2, -0.15) is 0 Å². The van der Waals surface area contributed by atoms with Gasteiger partial charge in [-0.05, 0) is 19.3 Å². The number of rotatable bonds is 9. The molecule has 0 unspecified atom stereocenters. The van der Waals surface area contributed by atoms with Crippen LogP contribution in [-0.4, -0.2) is 29.7 Å². The summed E-state index contributed by atoms with van der Waals surface area (Å²) in [6.07, 6.45) is 5.91. The van der Waals surface area contributed by atoms with Crippen LogP contribution in [0.25, 0.3) is 0 Å². The third-order valence-corrected chi connectivity index (χ3v) is 2.50. The van der Waals surface area contributed by atoms with Crippen molar-refractivity contribution in [2.75, 3.05) is 25.1 Å². The third kappa shape index (κ3) is 6.22. The molecule has 1 aromatic rings. The van der Waals surface area contributed by atoms with Crippen molar-refractivity contribution in [3.8, 4) is 0 Å². The molecule has 0 aliphatic carbocycles. The highest BCUT2D eigenvalue weighted by Gasteiger charge is 1.96. The fourth-order valence-electron chi connectivity index (χ4n) is 1.43. The Morgan fingerprint density at radius 3 is 2.76 bits per heavy atom. The van der Waals surface area contributed by atoms with Crippen molar-refractivity contribution in [3.05, 3.63) is 18.1 Å². The van der Waals surface area contributed by atoms with Crippen LogP contribution in [0.1, 0.15) is 38.8 Å². The molecule has 4 nitrogen and oxygen atoms in total. The van der Waals surface area contributed by atoms with E-state index in [1.165, 1.54) is 6.42 Å². The first-order chi connectivity index (χ1) is 8.36. The summed E-state index contributed by atoms with van der Waals surface area (Å²) in [5, 5.41) is 3.28. The van der Waals surface area contributed by atoms with Crippen LogP contribution in [0.2, 0.25) is 0 Å². The van der Waals surface area contributed by atoms with Gasteiger partial charge in [0.1, 0.15) is 12.1 Å². The maximum Gasteiger partial charge on any atom is 0.129 e. The van der Waals surface area contributed by atoms with Crippen molar-refractivity contribution in [2.45, 2.75) is 39.5 Å². The average Bonchev–Trinajstić information content (AvgIpc) is 2.38. The van der Waals surface area contributed by atoms with E-state index in [0.717, 1.165) is 50.5 Å². The second-order valence-corrected chi connectivity index (χ2v) is 3.99. The van der Waals surface area contributed by atoms with E-state index in [-0.39, 0.29) is 0 Å². The molecule has 0 saturated heterocycles. The zero-order chi connectivity index (χ0) is 12.3. The fraction of sp³-hybridized carbons (Fsp3) is 0.692. The predicted molar refractivity (Wildman–Crippen MR) is 70.2 cm³/mol. The van der Waals surface area contributed by atoms with Crippen LogP contribution in [0.15, 0.2) is 12.4 Å². The molecule has 1 N–H and O–H groups in total. The zero-order valence-electron chi connectivity index (χ0n) is 10.9. The fourth-order valence-corrected chi connectivity index (χ4v) is 1.43. The summed E-state index contributed by atoms with van der Waals surface area (Å²) in [6.45, 7) is 6.86. The average molecular weight is 237 g/mol. The van der Waals surface area contributed by atoms with Crippen LogP contribution in [0.4, 0.5) is 5.82 Å². The SMILES string of the molecule is CCCCOCCCNc1cc(CC)ncn1. The van der Waals surface area contributed by atoms with Crippen molar-refractivity contribution in [1.82, 2.24) is 9.97 Å². The van der Waals surface area contributed by atoms with Crippen molar-refractivity contribution < 1.29 is 4.74 Å². The van der Waals surface area contributed by atoms with E-state index in [1.54, 1.807) is 6.33 Å². The number of aryl methyl sites for hydroxylation is 1. The molecule has 0 radical (unpaired) electrons. The van der Waals surface area contributed by atoms with Gasteiger partial charge in [0.2, 0.25) is 0 Å². The van der Waals surface area contributed by atoms with Gasteiger partial charge in [0, 0.05) is 31.5 Å². The molecule has 4 heteroatoms. The lowest BCUT2D eigenvalue weighted by atomic mass is 10.3. The van der Waals surface area contributed by atoms with Crippen molar-refractivity contribution in [2.24, 2.45) is 0 Å². The first kappa shape index (κ1) is 13.9. The number of nitrogens with one attached hydrogen (secondary N) is 1. The van der Waals surface area contributed by atoms with Gasteiger partial charge < -0.3 is 10.1 Å². The second kappa shape index (κ2) is 8.93. The molecular formula is C13H23N3O. The molecule has 0 spiro atoms. The topological polar surface area (TPSA) is 47.0 Å². The Morgan fingerprint density at radius 1 is 1.18 bits per heavy atom. The normalized spacial score (nSPS) is 10.5. The molecule has 0 aliphatic rings. The van der Waals surface area contributed by atoms with E-state index in [9.17, 15) is 0 Å². The van der Waals surface area contributed by atoms with Gasteiger partial charge >= 0.3 is 0 Å². The highest BCUT2D eigenvalue weighted by atomic mass is 16.5. The Hall–Kier alpha value is -1.16. The third-order valence-electron chi connectivity index (χ3n) is 2.50. The number of ether oxygens (including phenoxy) is 1. The van der Waals surface area contributed by atoms with Gasteiger partial charge in [0.05, 0.1) is 0 Å². The van der Waals surface area contributed by atoms with E-state index in [4.69, 9.17) is 4.74 Å². The molecule has 0 atom stereocenters. The molecule has 0 bridgehead atoms. The van der Waals surface area contributed by atoms with E-state index < -0.39 is 0 Å². The Balaban J connectivity index is 2.09. The Labute approximate surface area is 104 Å². The molecule has 17 heavy (non-hydrogen) atoms. The van der Waals surface area contributed by atoms with Crippen LogP contribution >= 0.6 is 0 Å². The number of aromatic nitrogens is 2. The minimum Gasteiger partial charge on any atom is -0.381 e. The number of nitrogens with zero attached hydrogens (tertiary/aromatic N) is 2. The van der Waals surface area contributed by atoms with Crippen molar-refractivity contribution in [3.63, 3.8) is 0 Å². The second-order valence-electron chi connectivity index (χ2n) is 3.99. The van der Waals surface area contributed by atoms with Crippen LogP contribution in [-0.2, 0) is 11.2 Å². The van der Waals surface area contributed by atoms with Crippen LogP contribution in [0.5, 0.6) is 0 Å². The van der Waals surface area contributed by atoms with E-state index in [1.807, 2.05) is 6.07 Å². The number of hydrogen-bond acceptors (Lipinski definition) is 4. The number of unbranched alkanes of at least 4 members (excludes halogenated alkanes) is 1. The smallest absolute Gasteiger partial charge is 0.129 e. The Bertz CT molecular complexity index is 304. The summed E-state index contributed by atoms with van der Waals surface area (Å²) >= 11 is 0. The number of hydrogen-bond donors (Lipinski definition) is 1. The maximum atomic E-state index is 5.48. The van der Waals surface area contributed by atoms with Gasteiger partial charge in [0.15, 0.2) is 0 Å². The molecule has 0 amide bonds. The summed E-state index contributed by atoms with van der Waals surface area (Å²) in [4.78, 5) is 8.33. The lowest BCUT2D eigenvalue weighted by Gasteiger charge is -2.06. The molecule has 0 aliphatic heterocycles. The minimum absolute atomic E-state index is 0.818. The minimum atomic E-state index is 0.818. The van der Waals surface area contributed by atoms with Crippen LogP contribution < -0.4 is 5.32 Å². The maximum absolute atomic E-state index is 5.48. The predicted octanol–water partition coefficient (Wildman–Crippen LogP) is 2.66. The number of anilines is 1. The largest absolute Gasteiger partial charge is 0.381 e. The van der Waals surface area contributed by atoms with Gasteiger partial charge in [-0.25, -0.2) is 9.97 Å². The Morgan fingerprint density at radius 2 is 2.00 bits per heavy atom. The first-order valence-electron chi connectivity index (χ1n) is 6.49. The quantitative estimate of drug-likeness (QED) is 0.671. The summed E-state index contributed by atoms with van der Waals surface area (Å²) < 4.78 is 5.48. The highest BCUT2D eigenvalue weighted by molar-refractivity contribution is 5.34. The molecule has 0 fully saturated rings. The summed E-state index contributed by atoms with van der Waals surface area (Å²) in [5.74, 6) is 0.908. The van der Waals surface area contributed by atoms with E-state index in [2.05, 4.69) is 29.1 Å². The molecule has 96 valence electrons. The molecule has 1 aromatic heterocycles. The van der Waals surface area contributed by atoms with Crippen molar-refractivity contribution >= 4 is 5.82 Å². The summed E-state index contributed by atoms with van der Waals surface area (Å²) in [5.41, 5.74) is 1.07. The molecule has 1 rings (SSSR count). The summed E-state index contributed by atoms with van der Waals surface area (Å²) in [7, 11) is 0.